The summed E-state index contributed by atoms with van der Waals surface area (Å²) in [5.74, 6) is -0.915. The van der Waals surface area contributed by atoms with Gasteiger partial charge in [-0.15, -0.1) is 0 Å². The van der Waals surface area contributed by atoms with E-state index in [1.54, 1.807) is 6.20 Å². The molecule has 1 amide bonds. The van der Waals surface area contributed by atoms with Crippen molar-refractivity contribution in [3.8, 4) is 0 Å². The van der Waals surface area contributed by atoms with E-state index < -0.39 is 5.97 Å². The van der Waals surface area contributed by atoms with Gasteiger partial charge in [-0.1, -0.05) is 30.3 Å². The number of pyridine rings is 1. The molecule has 0 unspecified atom stereocenters. The van der Waals surface area contributed by atoms with E-state index >= 15 is 0 Å². The molecule has 0 bridgehead atoms. The lowest BCUT2D eigenvalue weighted by molar-refractivity contribution is -0.119. The zero-order chi connectivity index (χ0) is 25.6. The van der Waals surface area contributed by atoms with Gasteiger partial charge in [0, 0.05) is 37.8 Å². The van der Waals surface area contributed by atoms with E-state index in [1.165, 1.54) is 12.7 Å². The van der Waals surface area contributed by atoms with Crippen molar-refractivity contribution in [2.24, 2.45) is 5.92 Å². The molecule has 9 nitrogen and oxygen atoms in total. The quantitative estimate of drug-likeness (QED) is 0.423. The van der Waals surface area contributed by atoms with Crippen LogP contribution in [0.4, 0.5) is 11.4 Å². The van der Waals surface area contributed by atoms with Gasteiger partial charge in [0.1, 0.15) is 5.65 Å². The fourth-order valence-corrected chi connectivity index (χ4v) is 5.09. The Labute approximate surface area is 216 Å². The number of fused-ring (bicyclic) bond motifs is 1. The summed E-state index contributed by atoms with van der Waals surface area (Å²) in [5.41, 5.74) is 3.47. The molecule has 0 spiro atoms. The second kappa shape index (κ2) is 11.7. The fraction of sp³-hybridized carbons (Fsp3) is 0.464. The number of anilines is 2. The van der Waals surface area contributed by atoms with E-state index in [0.717, 1.165) is 44.6 Å². The molecule has 196 valence electrons. The van der Waals surface area contributed by atoms with Gasteiger partial charge in [0.2, 0.25) is 5.91 Å². The smallest absolute Gasteiger partial charge is 0.356 e. The number of aromatic nitrogens is 2. The van der Waals surface area contributed by atoms with Crippen LogP contribution in [0.1, 0.15) is 41.7 Å². The predicted octanol–water partition coefficient (Wildman–Crippen LogP) is 4.02. The third-order valence-corrected chi connectivity index (χ3v) is 7.11. The number of esters is 1. The number of amides is 1. The Morgan fingerprint density at radius 1 is 1.11 bits per heavy atom. The molecule has 2 fully saturated rings. The van der Waals surface area contributed by atoms with Crippen LogP contribution in [-0.4, -0.2) is 61.0 Å². The highest BCUT2D eigenvalue weighted by Gasteiger charge is 2.30. The van der Waals surface area contributed by atoms with Crippen LogP contribution >= 0.6 is 0 Å². The van der Waals surface area contributed by atoms with E-state index in [0.29, 0.717) is 48.6 Å². The third-order valence-electron chi connectivity index (χ3n) is 7.11. The van der Waals surface area contributed by atoms with Crippen molar-refractivity contribution in [1.82, 2.24) is 9.55 Å². The Morgan fingerprint density at radius 3 is 2.62 bits per heavy atom. The molecule has 0 aliphatic carbocycles. The topological polar surface area (TPSA) is 104 Å². The zero-order valence-electron chi connectivity index (χ0n) is 21.2. The minimum absolute atomic E-state index is 0.159. The number of aryl methyl sites for hydroxylation is 2. The molecule has 1 aromatic carbocycles. The highest BCUT2D eigenvalue weighted by atomic mass is 16.5. The normalized spacial score (nSPS) is 18.1. The van der Waals surface area contributed by atoms with Gasteiger partial charge >= 0.3 is 5.97 Å². The van der Waals surface area contributed by atoms with Crippen LogP contribution in [0.2, 0.25) is 0 Å². The first-order chi connectivity index (χ1) is 18.1. The molecule has 2 aliphatic heterocycles. The number of ether oxygens (including phenoxy) is 3. The number of benzene rings is 1. The molecule has 2 saturated heterocycles. The Hall–Kier alpha value is -3.43. The lowest BCUT2D eigenvalue weighted by Gasteiger charge is -2.24. The van der Waals surface area contributed by atoms with Gasteiger partial charge in [-0.25, -0.2) is 9.78 Å². The summed E-state index contributed by atoms with van der Waals surface area (Å²) in [6, 6.07) is 12.5. The average Bonchev–Trinajstić information content (AvgIpc) is 3.57. The van der Waals surface area contributed by atoms with Crippen LogP contribution in [0.3, 0.4) is 0 Å². The number of carbonyl (C=O) groups excluding carboxylic acids is 2. The first kappa shape index (κ1) is 25.2. The number of nitrogens with one attached hydrogen (secondary N) is 2. The van der Waals surface area contributed by atoms with Crippen LogP contribution in [-0.2, 0) is 32.0 Å². The Bertz CT molecular complexity index is 1230. The van der Waals surface area contributed by atoms with E-state index in [2.05, 4.69) is 22.8 Å². The second-order valence-corrected chi connectivity index (χ2v) is 9.63. The van der Waals surface area contributed by atoms with Gasteiger partial charge in [-0.3, -0.25) is 4.79 Å². The third kappa shape index (κ3) is 5.78. The van der Waals surface area contributed by atoms with Gasteiger partial charge in [0.25, 0.3) is 0 Å². The summed E-state index contributed by atoms with van der Waals surface area (Å²) in [6.45, 7) is 2.94. The lowest BCUT2D eigenvalue weighted by Crippen LogP contribution is -2.27. The molecule has 3 aromatic rings. The molecule has 5 rings (SSSR count). The number of nitrogens with zero attached hydrogens (tertiary/aromatic N) is 2. The van der Waals surface area contributed by atoms with E-state index in [-0.39, 0.29) is 17.9 Å². The molecule has 37 heavy (non-hydrogen) atoms. The number of carbonyl (C=O) groups is 2. The summed E-state index contributed by atoms with van der Waals surface area (Å²) >= 11 is 0. The molecule has 9 heteroatoms. The monoisotopic (exact) mass is 506 g/mol. The first-order valence-electron chi connectivity index (χ1n) is 13.0. The highest BCUT2D eigenvalue weighted by molar-refractivity contribution is 6.11. The standard InChI is InChI=1S/C28H34N4O5/c1-35-28(34)25-24(31-27(33)20-9-13-37-18-20)23-16-22(30-21-10-14-36-15-11-21)17-29-26(23)32(25)12-5-8-19-6-3-2-4-7-19/h2-4,6-7,16-17,20-21,30H,5,8-15,18H2,1H3,(H,31,33)/t20-/m0/s1. The molecule has 2 aromatic heterocycles. The van der Waals surface area contributed by atoms with Crippen molar-refractivity contribution in [3.63, 3.8) is 0 Å². The van der Waals surface area contributed by atoms with E-state index in [1.807, 2.05) is 28.8 Å². The molecule has 1 atom stereocenters. The predicted molar refractivity (Wildman–Crippen MR) is 141 cm³/mol. The van der Waals surface area contributed by atoms with Gasteiger partial charge in [0.05, 0.1) is 37.2 Å². The zero-order valence-corrected chi connectivity index (χ0v) is 21.2. The maximum Gasteiger partial charge on any atom is 0.356 e. The van der Waals surface area contributed by atoms with Gasteiger partial charge in [0.15, 0.2) is 5.69 Å². The molecule has 2 N–H and O–H groups in total. The largest absolute Gasteiger partial charge is 0.464 e. The van der Waals surface area contributed by atoms with Crippen LogP contribution in [0.15, 0.2) is 42.6 Å². The summed E-state index contributed by atoms with van der Waals surface area (Å²) in [4.78, 5) is 31.0. The van der Waals surface area contributed by atoms with Gasteiger partial charge in [-0.05, 0) is 43.7 Å². The molecule has 0 radical (unpaired) electrons. The summed E-state index contributed by atoms with van der Waals surface area (Å²) in [7, 11) is 1.36. The Kier molecular flexibility index (Phi) is 8.01. The van der Waals surface area contributed by atoms with Gasteiger partial charge < -0.3 is 29.4 Å². The van der Waals surface area contributed by atoms with Crippen LogP contribution in [0.5, 0.6) is 0 Å². The van der Waals surface area contributed by atoms with Crippen LogP contribution in [0.25, 0.3) is 11.0 Å². The fourth-order valence-electron chi connectivity index (χ4n) is 5.09. The van der Waals surface area contributed by atoms with Gasteiger partial charge in [-0.2, -0.15) is 0 Å². The number of hydrogen-bond donors (Lipinski definition) is 2. The maximum absolute atomic E-state index is 13.1. The summed E-state index contributed by atoms with van der Waals surface area (Å²) in [5, 5.41) is 7.30. The summed E-state index contributed by atoms with van der Waals surface area (Å²) in [6.07, 6.45) is 5.93. The summed E-state index contributed by atoms with van der Waals surface area (Å²) < 4.78 is 18.0. The van der Waals surface area contributed by atoms with Crippen molar-refractivity contribution < 1.29 is 23.8 Å². The van der Waals surface area contributed by atoms with Crippen molar-refractivity contribution in [3.05, 3.63) is 53.9 Å². The second-order valence-electron chi connectivity index (χ2n) is 9.63. The van der Waals surface area contributed by atoms with Crippen molar-refractivity contribution >= 4 is 34.3 Å². The molecular weight excluding hydrogens is 472 g/mol. The minimum atomic E-state index is -0.505. The number of hydrogen-bond acceptors (Lipinski definition) is 7. The number of methoxy groups -OCH3 is 1. The maximum atomic E-state index is 13.1. The van der Waals surface area contributed by atoms with Crippen molar-refractivity contribution in [1.29, 1.82) is 0 Å². The minimum Gasteiger partial charge on any atom is -0.464 e. The van der Waals surface area contributed by atoms with E-state index in [9.17, 15) is 9.59 Å². The Balaban J connectivity index is 1.50. The van der Waals surface area contributed by atoms with Crippen LogP contribution in [0, 0.1) is 5.92 Å². The molecule has 4 heterocycles. The average molecular weight is 507 g/mol. The SMILES string of the molecule is COC(=O)c1c(NC(=O)[C@H]2CCOC2)c2cc(NC3CCOCC3)cnc2n1CCCc1ccccc1. The molecular formula is C28H34N4O5. The Morgan fingerprint density at radius 2 is 1.89 bits per heavy atom. The van der Waals surface area contributed by atoms with Crippen molar-refractivity contribution in [2.75, 3.05) is 44.2 Å². The van der Waals surface area contributed by atoms with E-state index in [4.69, 9.17) is 19.2 Å². The lowest BCUT2D eigenvalue weighted by atomic mass is 10.1. The first-order valence-corrected chi connectivity index (χ1v) is 13.0. The highest BCUT2D eigenvalue weighted by Crippen LogP contribution is 2.34. The molecule has 2 aliphatic rings. The van der Waals surface area contributed by atoms with Crippen LogP contribution < -0.4 is 10.6 Å². The van der Waals surface area contributed by atoms with Crippen molar-refractivity contribution in [2.45, 2.75) is 44.7 Å². The number of rotatable bonds is 9. The molecule has 0 saturated carbocycles.